The van der Waals surface area contributed by atoms with Crippen molar-refractivity contribution in [2.24, 2.45) is 7.05 Å². The van der Waals surface area contributed by atoms with Crippen molar-refractivity contribution in [2.45, 2.75) is 19.0 Å². The maximum Gasteiger partial charge on any atom is 0.0834 e. The lowest BCUT2D eigenvalue weighted by molar-refractivity contribution is 0.212. The van der Waals surface area contributed by atoms with Gasteiger partial charge in [0.2, 0.25) is 0 Å². The van der Waals surface area contributed by atoms with Crippen LogP contribution in [0.3, 0.4) is 0 Å². The number of thioether (sulfide) groups is 1. The van der Waals surface area contributed by atoms with Gasteiger partial charge in [-0.1, -0.05) is 18.5 Å². The summed E-state index contributed by atoms with van der Waals surface area (Å²) in [6.45, 7) is 4.20. The summed E-state index contributed by atoms with van der Waals surface area (Å²) in [6.07, 6.45) is 1.73. The predicted molar refractivity (Wildman–Crippen MR) is 78.4 cm³/mol. The van der Waals surface area contributed by atoms with Crippen molar-refractivity contribution in [2.75, 3.05) is 31.6 Å². The molecule has 0 amide bonds. The maximum absolute atomic E-state index is 6.29. The van der Waals surface area contributed by atoms with E-state index in [0.717, 1.165) is 29.6 Å². The van der Waals surface area contributed by atoms with E-state index in [4.69, 9.17) is 11.6 Å². The third-order valence-electron chi connectivity index (χ3n) is 3.48. The van der Waals surface area contributed by atoms with E-state index < -0.39 is 0 Å². The molecule has 0 spiro atoms. The summed E-state index contributed by atoms with van der Waals surface area (Å²) in [7, 11) is 4.15. The number of hydrogen-bond acceptors (Lipinski definition) is 4. The molecule has 2 rings (SSSR count). The first kappa shape index (κ1) is 14.2. The lowest BCUT2D eigenvalue weighted by atomic mass is 10.0. The second-order valence-corrected chi connectivity index (χ2v) is 6.22. The van der Waals surface area contributed by atoms with Crippen LogP contribution in [0.2, 0.25) is 5.02 Å². The van der Waals surface area contributed by atoms with Gasteiger partial charge in [-0.3, -0.25) is 9.58 Å². The van der Waals surface area contributed by atoms with Crippen LogP contribution < -0.4 is 5.32 Å². The van der Waals surface area contributed by atoms with E-state index in [0.29, 0.717) is 6.04 Å². The molecule has 0 bridgehead atoms. The standard InChI is InChI=1S/C12H21ClN4S/c1-4-14-11(10-8-18-6-5-16(10)2)12-9(13)7-15-17(12)3/h7,10-11,14H,4-6,8H2,1-3H3. The number of aromatic nitrogens is 2. The Morgan fingerprint density at radius 1 is 1.61 bits per heavy atom. The molecule has 1 aromatic heterocycles. The quantitative estimate of drug-likeness (QED) is 0.915. The third-order valence-corrected chi connectivity index (χ3v) is 4.82. The van der Waals surface area contributed by atoms with Gasteiger partial charge in [-0.25, -0.2) is 0 Å². The molecule has 0 saturated carbocycles. The van der Waals surface area contributed by atoms with Crippen LogP contribution in [0.15, 0.2) is 6.20 Å². The molecule has 2 heterocycles. The van der Waals surface area contributed by atoms with Gasteiger partial charge in [0.1, 0.15) is 0 Å². The Bertz CT molecular complexity index is 376. The van der Waals surface area contributed by atoms with E-state index in [-0.39, 0.29) is 6.04 Å². The molecule has 2 atom stereocenters. The van der Waals surface area contributed by atoms with Crippen molar-refractivity contribution < 1.29 is 0 Å². The van der Waals surface area contributed by atoms with Crippen LogP contribution in [-0.2, 0) is 7.05 Å². The van der Waals surface area contributed by atoms with Crippen LogP contribution in [-0.4, -0.2) is 52.4 Å². The predicted octanol–water partition coefficient (Wildman–Crippen LogP) is 1.77. The summed E-state index contributed by atoms with van der Waals surface area (Å²) in [5.41, 5.74) is 1.10. The van der Waals surface area contributed by atoms with Crippen molar-refractivity contribution in [1.82, 2.24) is 20.0 Å². The van der Waals surface area contributed by atoms with E-state index in [1.165, 1.54) is 5.75 Å². The minimum absolute atomic E-state index is 0.243. The highest BCUT2D eigenvalue weighted by molar-refractivity contribution is 7.99. The van der Waals surface area contributed by atoms with Gasteiger partial charge >= 0.3 is 0 Å². The number of hydrogen-bond donors (Lipinski definition) is 1. The highest BCUT2D eigenvalue weighted by atomic mass is 35.5. The molecule has 1 aromatic rings. The number of halogens is 1. The number of nitrogens with one attached hydrogen (secondary N) is 1. The Labute approximate surface area is 118 Å². The van der Waals surface area contributed by atoms with E-state index >= 15 is 0 Å². The molecule has 0 radical (unpaired) electrons. The van der Waals surface area contributed by atoms with Gasteiger partial charge in [0.25, 0.3) is 0 Å². The Balaban J connectivity index is 2.27. The summed E-state index contributed by atoms with van der Waals surface area (Å²) >= 11 is 8.31. The van der Waals surface area contributed by atoms with Crippen molar-refractivity contribution in [3.05, 3.63) is 16.9 Å². The average molecular weight is 289 g/mol. The molecule has 1 N–H and O–H groups in total. The Kier molecular flexibility index (Phi) is 4.95. The minimum atomic E-state index is 0.243. The third kappa shape index (κ3) is 2.85. The molecule has 18 heavy (non-hydrogen) atoms. The summed E-state index contributed by atoms with van der Waals surface area (Å²) in [4.78, 5) is 2.42. The summed E-state index contributed by atoms with van der Waals surface area (Å²) in [6, 6.07) is 0.712. The van der Waals surface area contributed by atoms with Gasteiger partial charge < -0.3 is 5.32 Å². The van der Waals surface area contributed by atoms with Crippen LogP contribution in [0, 0.1) is 0 Å². The minimum Gasteiger partial charge on any atom is -0.308 e. The molecule has 0 aromatic carbocycles. The van der Waals surface area contributed by atoms with Gasteiger partial charge in [0.15, 0.2) is 0 Å². The smallest absolute Gasteiger partial charge is 0.0834 e. The second kappa shape index (κ2) is 6.28. The zero-order valence-electron chi connectivity index (χ0n) is 11.2. The molecule has 1 fully saturated rings. The molecule has 2 unspecified atom stereocenters. The van der Waals surface area contributed by atoms with Crippen LogP contribution in [0.5, 0.6) is 0 Å². The summed E-state index contributed by atoms with van der Waals surface area (Å²) < 4.78 is 1.89. The molecular formula is C12H21ClN4S. The summed E-state index contributed by atoms with van der Waals surface area (Å²) in [5.74, 6) is 2.35. The number of likely N-dealkylation sites (N-methyl/N-ethyl adjacent to an activating group) is 2. The maximum atomic E-state index is 6.29. The fourth-order valence-electron chi connectivity index (χ4n) is 2.46. The van der Waals surface area contributed by atoms with Crippen LogP contribution in [0.1, 0.15) is 18.7 Å². The number of aryl methyl sites for hydroxylation is 1. The Morgan fingerprint density at radius 2 is 2.39 bits per heavy atom. The van der Waals surface area contributed by atoms with Crippen molar-refractivity contribution in [1.29, 1.82) is 0 Å². The SMILES string of the molecule is CCNC(c1c(Cl)cnn1C)C1CSCCN1C. The first-order valence-corrected chi connectivity index (χ1v) is 7.87. The average Bonchev–Trinajstić information content (AvgIpc) is 2.68. The first-order chi connectivity index (χ1) is 8.65. The van der Waals surface area contributed by atoms with E-state index in [1.54, 1.807) is 6.20 Å². The summed E-state index contributed by atoms with van der Waals surface area (Å²) in [5, 5.41) is 8.58. The van der Waals surface area contributed by atoms with Crippen LogP contribution in [0.25, 0.3) is 0 Å². The lowest BCUT2D eigenvalue weighted by Gasteiger charge is -2.38. The van der Waals surface area contributed by atoms with Gasteiger partial charge in [-0.2, -0.15) is 16.9 Å². The normalized spacial score (nSPS) is 23.2. The molecule has 1 aliphatic rings. The fraction of sp³-hybridized carbons (Fsp3) is 0.750. The fourth-order valence-corrected chi connectivity index (χ4v) is 4.02. The monoisotopic (exact) mass is 288 g/mol. The molecule has 0 aliphatic carbocycles. The molecular weight excluding hydrogens is 268 g/mol. The van der Waals surface area contributed by atoms with E-state index in [2.05, 4.69) is 29.3 Å². The van der Waals surface area contributed by atoms with Gasteiger partial charge in [0, 0.05) is 31.1 Å². The first-order valence-electron chi connectivity index (χ1n) is 6.34. The zero-order chi connectivity index (χ0) is 13.1. The van der Waals surface area contributed by atoms with Crippen molar-refractivity contribution in [3.63, 3.8) is 0 Å². The zero-order valence-corrected chi connectivity index (χ0v) is 12.8. The van der Waals surface area contributed by atoms with Crippen LogP contribution >= 0.6 is 23.4 Å². The molecule has 102 valence electrons. The topological polar surface area (TPSA) is 33.1 Å². The van der Waals surface area contributed by atoms with Gasteiger partial charge in [0.05, 0.1) is 23.0 Å². The number of nitrogens with zero attached hydrogens (tertiary/aromatic N) is 3. The van der Waals surface area contributed by atoms with Crippen molar-refractivity contribution >= 4 is 23.4 Å². The molecule has 1 saturated heterocycles. The van der Waals surface area contributed by atoms with Crippen LogP contribution in [0.4, 0.5) is 0 Å². The molecule has 6 heteroatoms. The number of rotatable bonds is 4. The van der Waals surface area contributed by atoms with Gasteiger partial charge in [-0.05, 0) is 13.6 Å². The van der Waals surface area contributed by atoms with Gasteiger partial charge in [-0.15, -0.1) is 0 Å². The lowest BCUT2D eigenvalue weighted by Crippen LogP contribution is -2.48. The largest absolute Gasteiger partial charge is 0.308 e. The molecule has 1 aliphatic heterocycles. The second-order valence-electron chi connectivity index (χ2n) is 4.66. The molecule has 4 nitrogen and oxygen atoms in total. The Hall–Kier alpha value is -0.230. The van der Waals surface area contributed by atoms with E-state index in [1.807, 2.05) is 23.5 Å². The Morgan fingerprint density at radius 3 is 2.94 bits per heavy atom. The highest BCUT2D eigenvalue weighted by Crippen LogP contribution is 2.30. The van der Waals surface area contributed by atoms with Crippen molar-refractivity contribution in [3.8, 4) is 0 Å². The van der Waals surface area contributed by atoms with E-state index in [9.17, 15) is 0 Å². The highest BCUT2D eigenvalue weighted by Gasteiger charge is 2.31.